The van der Waals surface area contributed by atoms with E-state index in [9.17, 15) is 4.79 Å². The normalized spacial score (nSPS) is 21.9. The van der Waals surface area contributed by atoms with E-state index in [1.807, 2.05) is 19.9 Å². The van der Waals surface area contributed by atoms with E-state index in [0.717, 1.165) is 41.1 Å². The van der Waals surface area contributed by atoms with E-state index in [1.165, 1.54) is 0 Å². The van der Waals surface area contributed by atoms with Gasteiger partial charge in [-0.05, 0) is 44.4 Å². The predicted molar refractivity (Wildman–Crippen MR) is 66.5 cm³/mol. The number of nitrogens with one attached hydrogen (secondary N) is 2. The fourth-order valence-electron chi connectivity index (χ4n) is 2.20. The first kappa shape index (κ1) is 10.3. The molecule has 2 N–H and O–H groups in total. The fourth-order valence-corrected chi connectivity index (χ4v) is 2.20. The first-order valence-electron chi connectivity index (χ1n) is 5.91. The lowest BCUT2D eigenvalue weighted by molar-refractivity contribution is -0.116. The van der Waals surface area contributed by atoms with Crippen molar-refractivity contribution in [1.29, 1.82) is 0 Å². The third kappa shape index (κ3) is 1.79. The molecule has 4 nitrogen and oxygen atoms in total. The molecule has 17 heavy (non-hydrogen) atoms. The van der Waals surface area contributed by atoms with E-state index in [-0.39, 0.29) is 5.91 Å². The topological polar surface area (TPSA) is 57.2 Å². The van der Waals surface area contributed by atoms with Crippen LogP contribution in [-0.2, 0) is 4.79 Å². The summed E-state index contributed by atoms with van der Waals surface area (Å²) >= 11 is 0. The summed E-state index contributed by atoms with van der Waals surface area (Å²) in [7, 11) is 0. The van der Waals surface area contributed by atoms with Crippen LogP contribution in [0.1, 0.15) is 29.8 Å². The summed E-state index contributed by atoms with van der Waals surface area (Å²) < 4.78 is 0. The molecule has 1 aromatic rings. The van der Waals surface area contributed by atoms with E-state index in [2.05, 4.69) is 21.6 Å². The van der Waals surface area contributed by atoms with Crippen LogP contribution in [0.4, 0.5) is 0 Å². The van der Waals surface area contributed by atoms with E-state index in [4.69, 9.17) is 0 Å². The SMILES string of the molecule is Cc1cc(C)c(C=C2C(=O)NN=C2C2CC2)[nH]1. The first-order valence-corrected chi connectivity index (χ1v) is 5.91. The number of hydrazone groups is 1. The number of rotatable bonds is 2. The predicted octanol–water partition coefficient (Wildman–Crippen LogP) is 1.91. The monoisotopic (exact) mass is 229 g/mol. The molecule has 3 rings (SSSR count). The second kappa shape index (κ2) is 3.58. The lowest BCUT2D eigenvalue weighted by atomic mass is 10.0. The van der Waals surface area contributed by atoms with E-state index < -0.39 is 0 Å². The number of aromatic amines is 1. The molecule has 1 aromatic heterocycles. The van der Waals surface area contributed by atoms with Crippen LogP contribution >= 0.6 is 0 Å². The highest BCUT2D eigenvalue weighted by atomic mass is 16.2. The lowest BCUT2D eigenvalue weighted by Gasteiger charge is -1.98. The van der Waals surface area contributed by atoms with Crippen molar-refractivity contribution in [3.63, 3.8) is 0 Å². The molecule has 0 bridgehead atoms. The van der Waals surface area contributed by atoms with Gasteiger partial charge in [0.2, 0.25) is 0 Å². The molecular formula is C13H15N3O. The molecule has 2 aliphatic rings. The van der Waals surface area contributed by atoms with Crippen molar-refractivity contribution >= 4 is 17.7 Å². The van der Waals surface area contributed by atoms with Gasteiger partial charge in [-0.2, -0.15) is 5.10 Å². The number of amides is 1. The Bertz CT molecular complexity index is 547. The average Bonchev–Trinajstić information content (AvgIpc) is 2.98. The zero-order chi connectivity index (χ0) is 12.0. The molecule has 88 valence electrons. The smallest absolute Gasteiger partial charge is 0.273 e. The summed E-state index contributed by atoms with van der Waals surface area (Å²) in [4.78, 5) is 15.0. The molecular weight excluding hydrogens is 214 g/mol. The maximum atomic E-state index is 11.7. The maximum Gasteiger partial charge on any atom is 0.273 e. The number of nitrogens with zero attached hydrogens (tertiary/aromatic N) is 1. The number of H-pyrrole nitrogens is 1. The highest BCUT2D eigenvalue weighted by molar-refractivity contribution is 6.28. The van der Waals surface area contributed by atoms with Gasteiger partial charge in [0.05, 0.1) is 11.3 Å². The Labute approximate surface area is 99.8 Å². The van der Waals surface area contributed by atoms with E-state index >= 15 is 0 Å². The van der Waals surface area contributed by atoms with Crippen LogP contribution in [0, 0.1) is 19.8 Å². The molecule has 1 amide bonds. The van der Waals surface area contributed by atoms with Crippen molar-refractivity contribution < 1.29 is 4.79 Å². The molecule has 0 unspecified atom stereocenters. The van der Waals surface area contributed by atoms with Crippen molar-refractivity contribution in [2.24, 2.45) is 11.0 Å². The fraction of sp³-hybridized carbons (Fsp3) is 0.385. The van der Waals surface area contributed by atoms with Crippen molar-refractivity contribution in [2.45, 2.75) is 26.7 Å². The quantitative estimate of drug-likeness (QED) is 0.748. The molecule has 0 atom stereocenters. The Kier molecular flexibility index (Phi) is 2.18. The molecule has 1 saturated carbocycles. The number of aryl methyl sites for hydroxylation is 2. The third-order valence-corrected chi connectivity index (χ3v) is 3.24. The Balaban J connectivity index is 1.99. The van der Waals surface area contributed by atoms with Gasteiger partial charge in [0, 0.05) is 17.3 Å². The van der Waals surface area contributed by atoms with Gasteiger partial charge in [0.25, 0.3) is 5.91 Å². The van der Waals surface area contributed by atoms with Gasteiger partial charge in [-0.1, -0.05) is 0 Å². The highest BCUT2D eigenvalue weighted by Crippen LogP contribution is 2.35. The summed E-state index contributed by atoms with van der Waals surface area (Å²) in [6.07, 6.45) is 4.21. The van der Waals surface area contributed by atoms with Crippen LogP contribution in [0.25, 0.3) is 6.08 Å². The van der Waals surface area contributed by atoms with Gasteiger partial charge in [0.1, 0.15) is 0 Å². The van der Waals surface area contributed by atoms with Crippen LogP contribution < -0.4 is 5.43 Å². The van der Waals surface area contributed by atoms with Crippen molar-refractivity contribution in [2.75, 3.05) is 0 Å². The Morgan fingerprint density at radius 2 is 2.18 bits per heavy atom. The largest absolute Gasteiger partial charge is 0.359 e. The average molecular weight is 229 g/mol. The number of hydrogen-bond acceptors (Lipinski definition) is 2. The standard InChI is InChI=1S/C13H15N3O/c1-7-5-8(2)14-11(7)6-10-12(9-3-4-9)15-16-13(10)17/h5-6,9,14H,3-4H2,1-2H3,(H,16,17). The van der Waals surface area contributed by atoms with Crippen LogP contribution in [0.15, 0.2) is 16.7 Å². The minimum absolute atomic E-state index is 0.0847. The van der Waals surface area contributed by atoms with Gasteiger partial charge in [-0.25, -0.2) is 5.43 Å². The van der Waals surface area contributed by atoms with Crippen LogP contribution in [0.3, 0.4) is 0 Å². The Morgan fingerprint density at radius 1 is 1.41 bits per heavy atom. The molecule has 1 fully saturated rings. The number of carbonyl (C=O) groups excluding carboxylic acids is 1. The first-order chi connectivity index (χ1) is 8.15. The second-order valence-electron chi connectivity index (χ2n) is 4.82. The van der Waals surface area contributed by atoms with Gasteiger partial charge < -0.3 is 4.98 Å². The summed E-state index contributed by atoms with van der Waals surface area (Å²) in [5.74, 6) is 0.398. The number of aromatic nitrogens is 1. The van der Waals surface area contributed by atoms with Crippen LogP contribution in [0.5, 0.6) is 0 Å². The molecule has 0 radical (unpaired) electrons. The molecule has 4 heteroatoms. The van der Waals surface area contributed by atoms with Crippen molar-refractivity contribution in [1.82, 2.24) is 10.4 Å². The van der Waals surface area contributed by atoms with E-state index in [0.29, 0.717) is 5.92 Å². The van der Waals surface area contributed by atoms with E-state index in [1.54, 1.807) is 0 Å². The zero-order valence-electron chi connectivity index (χ0n) is 10.0. The summed E-state index contributed by atoms with van der Waals surface area (Å²) in [6, 6.07) is 2.08. The van der Waals surface area contributed by atoms with Crippen molar-refractivity contribution in [3.8, 4) is 0 Å². The zero-order valence-corrected chi connectivity index (χ0v) is 10.0. The van der Waals surface area contributed by atoms with Gasteiger partial charge in [-0.3, -0.25) is 4.79 Å². The van der Waals surface area contributed by atoms with Gasteiger partial charge >= 0.3 is 0 Å². The summed E-state index contributed by atoms with van der Waals surface area (Å²) in [5.41, 5.74) is 7.48. The minimum atomic E-state index is -0.0847. The highest BCUT2D eigenvalue weighted by Gasteiger charge is 2.35. The molecule has 0 aromatic carbocycles. The van der Waals surface area contributed by atoms with Crippen molar-refractivity contribution in [3.05, 3.63) is 28.6 Å². The minimum Gasteiger partial charge on any atom is -0.359 e. The number of hydrogen-bond donors (Lipinski definition) is 2. The Hall–Kier alpha value is -1.84. The summed E-state index contributed by atoms with van der Waals surface area (Å²) in [6.45, 7) is 4.05. The van der Waals surface area contributed by atoms with Crippen LogP contribution in [0.2, 0.25) is 0 Å². The molecule has 0 spiro atoms. The Morgan fingerprint density at radius 3 is 2.76 bits per heavy atom. The maximum absolute atomic E-state index is 11.7. The van der Waals surface area contributed by atoms with Gasteiger partial charge in [-0.15, -0.1) is 0 Å². The van der Waals surface area contributed by atoms with Gasteiger partial charge in [0.15, 0.2) is 0 Å². The number of carbonyl (C=O) groups is 1. The lowest BCUT2D eigenvalue weighted by Crippen LogP contribution is -2.13. The molecule has 0 saturated heterocycles. The molecule has 1 aliphatic carbocycles. The summed E-state index contributed by atoms with van der Waals surface area (Å²) in [5, 5.41) is 4.13. The van der Waals surface area contributed by atoms with Crippen LogP contribution in [-0.4, -0.2) is 16.6 Å². The molecule has 1 aliphatic heterocycles. The second-order valence-corrected chi connectivity index (χ2v) is 4.82. The third-order valence-electron chi connectivity index (χ3n) is 3.24. The molecule has 2 heterocycles.